The molecule has 6 nitrogen and oxygen atoms in total. The number of likely N-dealkylation sites (N-methyl/N-ethyl adjacent to an activating group) is 1. The van der Waals surface area contributed by atoms with Crippen molar-refractivity contribution in [2.24, 2.45) is 0 Å². The Kier molecular flexibility index (Phi) is 6.41. The summed E-state index contributed by atoms with van der Waals surface area (Å²) < 4.78 is 6.24. The van der Waals surface area contributed by atoms with Gasteiger partial charge in [-0.25, -0.2) is 0 Å². The van der Waals surface area contributed by atoms with Crippen LogP contribution in [0.25, 0.3) is 27.8 Å². The predicted octanol–water partition coefficient (Wildman–Crippen LogP) is 6.02. The van der Waals surface area contributed by atoms with E-state index in [9.17, 15) is 9.90 Å². The number of hydrogen-bond acceptors (Lipinski definition) is 4. The van der Waals surface area contributed by atoms with Crippen molar-refractivity contribution in [3.63, 3.8) is 0 Å². The lowest BCUT2D eigenvalue weighted by molar-refractivity contribution is 0.0763. The molecule has 1 saturated heterocycles. The molecule has 1 aliphatic heterocycles. The highest BCUT2D eigenvalue weighted by molar-refractivity contribution is 6.31. The lowest BCUT2D eigenvalue weighted by Gasteiger charge is -2.20. The molecular weight excluding hydrogens is 462 g/mol. The van der Waals surface area contributed by atoms with E-state index in [1.807, 2.05) is 66.4 Å². The summed E-state index contributed by atoms with van der Waals surface area (Å²) in [4.78, 5) is 20.4. The van der Waals surface area contributed by atoms with E-state index in [-0.39, 0.29) is 11.8 Å². The second-order valence-electron chi connectivity index (χ2n) is 8.93. The molecule has 1 aliphatic rings. The molecule has 0 bridgehead atoms. The van der Waals surface area contributed by atoms with Crippen LogP contribution in [0.5, 0.6) is 5.88 Å². The molecule has 1 fully saturated rings. The van der Waals surface area contributed by atoms with Crippen molar-refractivity contribution in [3.8, 4) is 17.2 Å². The molecule has 0 radical (unpaired) electrons. The monoisotopic (exact) mass is 489 g/mol. The third-order valence-electron chi connectivity index (χ3n) is 6.57. The first kappa shape index (κ1) is 23.3. The Morgan fingerprint density at radius 2 is 1.94 bits per heavy atom. The minimum Gasteiger partial charge on any atom is -0.494 e. The fraction of sp³-hybridized carbons (Fsp3) is 0.250. The van der Waals surface area contributed by atoms with Crippen LogP contribution in [0.1, 0.15) is 35.0 Å². The van der Waals surface area contributed by atoms with Crippen LogP contribution >= 0.6 is 11.6 Å². The quantitative estimate of drug-likeness (QED) is 0.368. The van der Waals surface area contributed by atoms with Crippen LogP contribution in [-0.4, -0.2) is 59.0 Å². The number of hydrogen-bond donors (Lipinski definition) is 2. The minimum atomic E-state index is 0.0451. The van der Waals surface area contributed by atoms with Crippen molar-refractivity contribution in [3.05, 3.63) is 82.6 Å². The number of fused-ring (bicyclic) bond motifs is 1. The molecule has 5 rings (SSSR count). The third-order valence-corrected chi connectivity index (χ3v) is 6.81. The van der Waals surface area contributed by atoms with Crippen molar-refractivity contribution in [1.29, 1.82) is 0 Å². The van der Waals surface area contributed by atoms with Gasteiger partial charge in [-0.1, -0.05) is 29.8 Å². The van der Waals surface area contributed by atoms with E-state index in [0.717, 1.165) is 54.6 Å². The number of aromatic nitrogens is 1. The average molecular weight is 490 g/mol. The molecule has 7 heteroatoms. The topological polar surface area (TPSA) is 72.7 Å². The Hall–Kier alpha value is -3.48. The highest BCUT2D eigenvalue weighted by Crippen LogP contribution is 2.39. The number of carbonyl (C=O) groups is 1. The van der Waals surface area contributed by atoms with Crippen molar-refractivity contribution in [2.75, 3.05) is 33.2 Å². The van der Waals surface area contributed by atoms with Gasteiger partial charge in [0, 0.05) is 52.3 Å². The number of amides is 1. The Bertz CT molecular complexity index is 1420. The first-order valence-corrected chi connectivity index (χ1v) is 12.2. The summed E-state index contributed by atoms with van der Waals surface area (Å²) >= 11 is 6.22. The molecule has 0 aliphatic carbocycles. The molecule has 2 N–H and O–H groups in total. The molecule has 2 aromatic carbocycles. The van der Waals surface area contributed by atoms with E-state index in [1.54, 1.807) is 6.07 Å². The number of allylic oxidation sites excluding steroid dienone is 1. The molecule has 0 spiro atoms. The normalized spacial score (nSPS) is 15.5. The molecule has 0 atom stereocenters. The van der Waals surface area contributed by atoms with Crippen molar-refractivity contribution in [1.82, 2.24) is 14.8 Å². The standard InChI is InChI=1S/C28H28ClN3O3/c1-3-21(26-22-17-20(29)8-9-23(22)30-27(26)33)25-11-10-24(35-25)18-6-4-7-19(16-18)28(34)32-13-5-12-31(2)14-15-32/h3-4,6-11,16-17,30,33H,5,12-15H2,1-2H3. The number of H-pyrrole nitrogens is 1. The summed E-state index contributed by atoms with van der Waals surface area (Å²) in [6.07, 6.45) is 2.88. The molecular formula is C28H28ClN3O3. The number of halogens is 1. The molecule has 0 unspecified atom stereocenters. The van der Waals surface area contributed by atoms with Gasteiger partial charge in [0.1, 0.15) is 11.5 Å². The first-order valence-electron chi connectivity index (χ1n) is 11.8. The fourth-order valence-corrected chi connectivity index (χ4v) is 4.88. The summed E-state index contributed by atoms with van der Waals surface area (Å²) in [7, 11) is 2.09. The van der Waals surface area contributed by atoms with Gasteiger partial charge in [-0.3, -0.25) is 4.79 Å². The summed E-state index contributed by atoms with van der Waals surface area (Å²) in [5.74, 6) is 1.38. The van der Waals surface area contributed by atoms with Gasteiger partial charge >= 0.3 is 0 Å². The Morgan fingerprint density at radius 3 is 2.77 bits per heavy atom. The minimum absolute atomic E-state index is 0.0451. The third kappa shape index (κ3) is 4.59. The van der Waals surface area contributed by atoms with Crippen LogP contribution in [0.3, 0.4) is 0 Å². The second-order valence-corrected chi connectivity index (χ2v) is 9.37. The first-order chi connectivity index (χ1) is 16.9. The molecule has 0 saturated carbocycles. The number of furan rings is 1. The SMILES string of the molecule is CC=C(c1ccc(-c2cccc(C(=O)N3CCCN(C)CC3)c2)o1)c1c(O)[nH]c2ccc(Cl)cc12. The number of aromatic amines is 1. The van der Waals surface area contributed by atoms with E-state index in [1.165, 1.54) is 0 Å². The maximum absolute atomic E-state index is 13.2. The van der Waals surface area contributed by atoms with E-state index < -0.39 is 0 Å². The van der Waals surface area contributed by atoms with E-state index in [0.29, 0.717) is 27.7 Å². The van der Waals surface area contributed by atoms with Crippen molar-refractivity contribution >= 4 is 34.0 Å². The van der Waals surface area contributed by atoms with Crippen LogP contribution in [0, 0.1) is 0 Å². The number of benzene rings is 2. The zero-order valence-corrected chi connectivity index (χ0v) is 20.6. The molecule has 1 amide bonds. The fourth-order valence-electron chi connectivity index (χ4n) is 4.71. The molecule has 180 valence electrons. The van der Waals surface area contributed by atoms with Crippen molar-refractivity contribution in [2.45, 2.75) is 13.3 Å². The number of rotatable bonds is 4. The largest absolute Gasteiger partial charge is 0.494 e. The number of aromatic hydroxyl groups is 1. The molecule has 3 heterocycles. The number of carbonyl (C=O) groups excluding carboxylic acids is 1. The van der Waals surface area contributed by atoms with Gasteiger partial charge in [0.05, 0.1) is 5.56 Å². The van der Waals surface area contributed by atoms with Crippen LogP contribution in [0.2, 0.25) is 5.02 Å². The van der Waals surface area contributed by atoms with Gasteiger partial charge in [-0.2, -0.15) is 0 Å². The van der Waals surface area contributed by atoms with Gasteiger partial charge in [-0.05, 0) is 69.4 Å². The zero-order chi connectivity index (χ0) is 24.5. The summed E-state index contributed by atoms with van der Waals surface area (Å²) in [5, 5.41) is 12.0. The zero-order valence-electron chi connectivity index (χ0n) is 19.8. The number of nitrogens with zero attached hydrogens (tertiary/aromatic N) is 2. The Morgan fingerprint density at radius 1 is 1.09 bits per heavy atom. The van der Waals surface area contributed by atoms with E-state index in [2.05, 4.69) is 16.9 Å². The molecule has 4 aromatic rings. The maximum Gasteiger partial charge on any atom is 0.253 e. The smallest absolute Gasteiger partial charge is 0.253 e. The lowest BCUT2D eigenvalue weighted by Crippen LogP contribution is -2.34. The van der Waals surface area contributed by atoms with E-state index >= 15 is 0 Å². The molecule has 35 heavy (non-hydrogen) atoms. The average Bonchev–Trinajstić information content (AvgIpc) is 3.39. The lowest BCUT2D eigenvalue weighted by atomic mass is 10.0. The number of nitrogens with one attached hydrogen (secondary N) is 1. The van der Waals surface area contributed by atoms with Gasteiger partial charge in [-0.15, -0.1) is 0 Å². The summed E-state index contributed by atoms with van der Waals surface area (Å²) in [6.45, 7) is 5.28. The summed E-state index contributed by atoms with van der Waals surface area (Å²) in [5.41, 5.74) is 3.67. The molecule has 2 aromatic heterocycles. The maximum atomic E-state index is 13.2. The van der Waals surface area contributed by atoms with Crippen LogP contribution in [0.15, 0.2) is 65.1 Å². The highest BCUT2D eigenvalue weighted by Gasteiger charge is 2.21. The van der Waals surface area contributed by atoms with Gasteiger partial charge < -0.3 is 24.3 Å². The van der Waals surface area contributed by atoms with Gasteiger partial charge in [0.25, 0.3) is 5.91 Å². The summed E-state index contributed by atoms with van der Waals surface area (Å²) in [6, 6.07) is 16.8. The van der Waals surface area contributed by atoms with Crippen molar-refractivity contribution < 1.29 is 14.3 Å². The van der Waals surface area contributed by atoms with E-state index in [4.69, 9.17) is 16.0 Å². The Balaban J connectivity index is 1.44. The van der Waals surface area contributed by atoms with Crippen LogP contribution in [-0.2, 0) is 0 Å². The van der Waals surface area contributed by atoms with Gasteiger partial charge in [0.15, 0.2) is 5.88 Å². The van der Waals surface area contributed by atoms with Crippen LogP contribution < -0.4 is 0 Å². The second kappa shape index (κ2) is 9.64. The highest BCUT2D eigenvalue weighted by atomic mass is 35.5. The van der Waals surface area contributed by atoms with Gasteiger partial charge in [0.2, 0.25) is 0 Å². The Labute approximate surface area is 209 Å². The predicted molar refractivity (Wildman–Crippen MR) is 140 cm³/mol. The van der Waals surface area contributed by atoms with Crippen LogP contribution in [0.4, 0.5) is 0 Å².